The van der Waals surface area contributed by atoms with Gasteiger partial charge in [0.25, 0.3) is 5.91 Å². The first-order chi connectivity index (χ1) is 11.0. The van der Waals surface area contributed by atoms with Crippen LogP contribution in [-0.2, 0) is 7.05 Å². The fourth-order valence-corrected chi connectivity index (χ4v) is 2.32. The molecule has 0 unspecified atom stereocenters. The fraction of sp³-hybridized carbons (Fsp3) is 0.118. The highest BCUT2D eigenvalue weighted by molar-refractivity contribution is 6.30. The third-order valence-corrected chi connectivity index (χ3v) is 3.76. The average molecular weight is 327 g/mol. The topological polar surface area (TPSA) is 51.0 Å². The number of benzene rings is 1. The maximum absolute atomic E-state index is 12.5. The standard InChI is InChI=1S/C17H15ClN4O/c1-21-10-9-15(20-21)12-3-8-16(19-11-12)17(23)22(2)14-6-4-13(18)5-7-14/h3-11H,1-2H3. The molecule has 0 aliphatic heterocycles. The van der Waals surface area contributed by atoms with Crippen LogP contribution in [0.2, 0.25) is 5.02 Å². The second kappa shape index (κ2) is 6.22. The van der Waals surface area contributed by atoms with Crippen molar-refractivity contribution in [3.8, 4) is 11.3 Å². The van der Waals surface area contributed by atoms with Crippen LogP contribution in [0.3, 0.4) is 0 Å². The van der Waals surface area contributed by atoms with Gasteiger partial charge in [0, 0.05) is 42.8 Å². The molecule has 0 aliphatic rings. The molecule has 0 aliphatic carbocycles. The summed E-state index contributed by atoms with van der Waals surface area (Å²) in [5.74, 6) is -0.181. The summed E-state index contributed by atoms with van der Waals surface area (Å²) >= 11 is 5.87. The molecule has 3 rings (SSSR count). The van der Waals surface area contributed by atoms with Crippen molar-refractivity contribution in [2.45, 2.75) is 0 Å². The molecule has 0 bridgehead atoms. The van der Waals surface area contributed by atoms with Gasteiger partial charge in [0.15, 0.2) is 0 Å². The lowest BCUT2D eigenvalue weighted by Gasteiger charge is -2.17. The number of hydrogen-bond donors (Lipinski definition) is 0. The molecule has 2 heterocycles. The Labute approximate surface area is 139 Å². The third kappa shape index (κ3) is 3.24. The van der Waals surface area contributed by atoms with Crippen LogP contribution in [0, 0.1) is 0 Å². The predicted octanol–water partition coefficient (Wildman–Crippen LogP) is 3.41. The number of aryl methyl sites for hydroxylation is 1. The molecule has 23 heavy (non-hydrogen) atoms. The van der Waals surface area contributed by atoms with Crippen LogP contribution in [0.25, 0.3) is 11.3 Å². The van der Waals surface area contributed by atoms with Crippen molar-refractivity contribution in [1.29, 1.82) is 0 Å². The van der Waals surface area contributed by atoms with E-state index in [9.17, 15) is 4.79 Å². The number of nitrogens with zero attached hydrogens (tertiary/aromatic N) is 4. The summed E-state index contributed by atoms with van der Waals surface area (Å²) in [5.41, 5.74) is 2.83. The quantitative estimate of drug-likeness (QED) is 0.741. The fourth-order valence-electron chi connectivity index (χ4n) is 2.19. The lowest BCUT2D eigenvalue weighted by atomic mass is 10.2. The molecule has 0 fully saturated rings. The summed E-state index contributed by atoms with van der Waals surface area (Å²) in [4.78, 5) is 18.3. The van der Waals surface area contributed by atoms with Gasteiger partial charge in [0.05, 0.1) is 5.69 Å². The van der Waals surface area contributed by atoms with Crippen LogP contribution in [0.1, 0.15) is 10.5 Å². The number of rotatable bonds is 3. The van der Waals surface area contributed by atoms with E-state index >= 15 is 0 Å². The Morgan fingerprint density at radius 1 is 1.13 bits per heavy atom. The molecular weight excluding hydrogens is 312 g/mol. The minimum atomic E-state index is -0.181. The predicted molar refractivity (Wildman–Crippen MR) is 90.6 cm³/mol. The van der Waals surface area contributed by atoms with Crippen LogP contribution in [-0.4, -0.2) is 27.7 Å². The number of aromatic nitrogens is 3. The first-order valence-electron chi connectivity index (χ1n) is 7.04. The maximum atomic E-state index is 12.5. The molecule has 0 spiro atoms. The number of hydrogen-bond acceptors (Lipinski definition) is 3. The third-order valence-electron chi connectivity index (χ3n) is 3.51. The van der Waals surface area contributed by atoms with Gasteiger partial charge in [-0.2, -0.15) is 5.10 Å². The van der Waals surface area contributed by atoms with Crippen molar-refractivity contribution in [2.24, 2.45) is 7.05 Å². The van der Waals surface area contributed by atoms with Gasteiger partial charge >= 0.3 is 0 Å². The van der Waals surface area contributed by atoms with Gasteiger partial charge in [-0.05, 0) is 42.5 Å². The van der Waals surface area contributed by atoms with Crippen molar-refractivity contribution in [2.75, 3.05) is 11.9 Å². The average Bonchev–Trinajstić information content (AvgIpc) is 3.01. The van der Waals surface area contributed by atoms with E-state index in [1.54, 1.807) is 53.2 Å². The van der Waals surface area contributed by atoms with Gasteiger partial charge in [0.2, 0.25) is 0 Å². The van der Waals surface area contributed by atoms with Gasteiger partial charge in [-0.15, -0.1) is 0 Å². The lowest BCUT2D eigenvalue weighted by molar-refractivity contribution is 0.0988. The number of carbonyl (C=O) groups excluding carboxylic acids is 1. The highest BCUT2D eigenvalue weighted by Crippen LogP contribution is 2.20. The van der Waals surface area contributed by atoms with Gasteiger partial charge in [-0.1, -0.05) is 11.6 Å². The summed E-state index contributed by atoms with van der Waals surface area (Å²) in [7, 11) is 3.57. The zero-order valence-electron chi connectivity index (χ0n) is 12.8. The number of pyridine rings is 1. The Balaban J connectivity index is 1.81. The summed E-state index contributed by atoms with van der Waals surface area (Å²) in [6.45, 7) is 0. The normalized spacial score (nSPS) is 10.6. The van der Waals surface area contributed by atoms with Crippen LogP contribution in [0.4, 0.5) is 5.69 Å². The summed E-state index contributed by atoms with van der Waals surface area (Å²) in [6.07, 6.45) is 3.52. The van der Waals surface area contributed by atoms with E-state index in [1.165, 1.54) is 0 Å². The van der Waals surface area contributed by atoms with E-state index in [1.807, 2.05) is 25.4 Å². The van der Waals surface area contributed by atoms with Crippen molar-refractivity contribution >= 4 is 23.2 Å². The molecule has 5 nitrogen and oxygen atoms in total. The minimum Gasteiger partial charge on any atom is -0.310 e. The molecule has 0 saturated heterocycles. The number of halogens is 1. The Kier molecular flexibility index (Phi) is 4.12. The van der Waals surface area contributed by atoms with Crippen molar-refractivity contribution in [3.63, 3.8) is 0 Å². The molecule has 0 saturated carbocycles. The molecule has 116 valence electrons. The largest absolute Gasteiger partial charge is 0.310 e. The molecule has 0 N–H and O–H groups in total. The molecule has 0 atom stereocenters. The van der Waals surface area contributed by atoms with Gasteiger partial charge < -0.3 is 4.90 Å². The van der Waals surface area contributed by atoms with Crippen LogP contribution < -0.4 is 4.90 Å². The Morgan fingerprint density at radius 2 is 1.87 bits per heavy atom. The summed E-state index contributed by atoms with van der Waals surface area (Å²) in [5, 5.41) is 4.95. The van der Waals surface area contributed by atoms with E-state index in [-0.39, 0.29) is 5.91 Å². The zero-order chi connectivity index (χ0) is 16.4. The van der Waals surface area contributed by atoms with E-state index in [0.717, 1.165) is 16.9 Å². The Hall–Kier alpha value is -2.66. The summed E-state index contributed by atoms with van der Waals surface area (Å²) in [6, 6.07) is 12.5. The van der Waals surface area contributed by atoms with Crippen molar-refractivity contribution in [1.82, 2.24) is 14.8 Å². The van der Waals surface area contributed by atoms with Crippen LogP contribution in [0.5, 0.6) is 0 Å². The maximum Gasteiger partial charge on any atom is 0.276 e. The van der Waals surface area contributed by atoms with Crippen LogP contribution >= 0.6 is 11.6 Å². The van der Waals surface area contributed by atoms with E-state index in [2.05, 4.69) is 10.1 Å². The van der Waals surface area contributed by atoms with Gasteiger partial charge in [0.1, 0.15) is 5.69 Å². The lowest BCUT2D eigenvalue weighted by Crippen LogP contribution is -2.26. The first-order valence-corrected chi connectivity index (χ1v) is 7.42. The number of anilines is 1. The van der Waals surface area contributed by atoms with Crippen molar-refractivity contribution in [3.05, 3.63) is 65.6 Å². The molecule has 2 aromatic heterocycles. The molecule has 0 radical (unpaired) electrons. The zero-order valence-corrected chi connectivity index (χ0v) is 13.5. The highest BCUT2D eigenvalue weighted by Gasteiger charge is 2.15. The van der Waals surface area contributed by atoms with Crippen LogP contribution in [0.15, 0.2) is 54.9 Å². The molecule has 3 aromatic rings. The molecule has 1 amide bonds. The number of carbonyl (C=O) groups is 1. The minimum absolute atomic E-state index is 0.181. The van der Waals surface area contributed by atoms with E-state index < -0.39 is 0 Å². The number of amides is 1. The smallest absolute Gasteiger partial charge is 0.276 e. The second-order valence-electron chi connectivity index (χ2n) is 5.15. The highest BCUT2D eigenvalue weighted by atomic mass is 35.5. The first kappa shape index (κ1) is 15.2. The Morgan fingerprint density at radius 3 is 2.43 bits per heavy atom. The van der Waals surface area contributed by atoms with E-state index in [0.29, 0.717) is 10.7 Å². The van der Waals surface area contributed by atoms with Crippen molar-refractivity contribution < 1.29 is 4.79 Å². The van der Waals surface area contributed by atoms with Gasteiger partial charge in [-0.25, -0.2) is 0 Å². The molecule has 1 aromatic carbocycles. The molecule has 6 heteroatoms. The Bertz CT molecular complexity index is 825. The van der Waals surface area contributed by atoms with Gasteiger partial charge in [-0.3, -0.25) is 14.5 Å². The summed E-state index contributed by atoms with van der Waals surface area (Å²) < 4.78 is 1.72. The second-order valence-corrected chi connectivity index (χ2v) is 5.58. The molecular formula is C17H15ClN4O. The van der Waals surface area contributed by atoms with E-state index in [4.69, 9.17) is 11.6 Å². The monoisotopic (exact) mass is 326 g/mol. The SMILES string of the molecule is CN(C(=O)c1ccc(-c2ccn(C)n2)cn1)c1ccc(Cl)cc1.